The highest BCUT2D eigenvalue weighted by atomic mass is 79.9. The molecule has 0 heterocycles. The van der Waals surface area contributed by atoms with Gasteiger partial charge in [-0.2, -0.15) is 0 Å². The number of anilines is 1. The molecule has 19 heavy (non-hydrogen) atoms. The lowest BCUT2D eigenvalue weighted by Gasteiger charge is -2.07. The summed E-state index contributed by atoms with van der Waals surface area (Å²) in [5.41, 5.74) is 0.143. The Balaban J connectivity index is 2.25. The molecule has 0 atom stereocenters. The van der Waals surface area contributed by atoms with Crippen molar-refractivity contribution in [1.82, 2.24) is 0 Å². The van der Waals surface area contributed by atoms with E-state index >= 15 is 0 Å². The van der Waals surface area contributed by atoms with Crippen LogP contribution in [0.15, 0.2) is 40.9 Å². The molecule has 0 aliphatic rings. The van der Waals surface area contributed by atoms with E-state index in [-0.39, 0.29) is 11.3 Å². The molecule has 1 amide bonds. The zero-order valence-electron chi connectivity index (χ0n) is 9.38. The molecule has 0 unspecified atom stereocenters. The van der Waals surface area contributed by atoms with E-state index in [2.05, 4.69) is 21.2 Å². The van der Waals surface area contributed by atoms with Gasteiger partial charge in [0.1, 0.15) is 5.82 Å². The topological polar surface area (TPSA) is 29.1 Å². The molecule has 0 saturated heterocycles. The number of halogens is 4. The van der Waals surface area contributed by atoms with Crippen molar-refractivity contribution in [2.75, 3.05) is 5.32 Å². The summed E-state index contributed by atoms with van der Waals surface area (Å²) in [5, 5.41) is 2.40. The van der Waals surface area contributed by atoms with E-state index in [1.165, 1.54) is 12.1 Å². The van der Waals surface area contributed by atoms with Crippen LogP contribution in [0.1, 0.15) is 10.4 Å². The number of carbonyl (C=O) groups excluding carboxylic acids is 1. The second kappa shape index (κ2) is 5.44. The Morgan fingerprint density at radius 3 is 2.42 bits per heavy atom. The van der Waals surface area contributed by atoms with Crippen molar-refractivity contribution in [2.24, 2.45) is 0 Å². The molecule has 98 valence electrons. The lowest BCUT2D eigenvalue weighted by molar-refractivity contribution is 0.102. The van der Waals surface area contributed by atoms with Gasteiger partial charge in [-0.3, -0.25) is 4.79 Å². The van der Waals surface area contributed by atoms with E-state index in [1.807, 2.05) is 0 Å². The summed E-state index contributed by atoms with van der Waals surface area (Å²) in [6.45, 7) is 0. The van der Waals surface area contributed by atoms with E-state index in [0.717, 1.165) is 24.3 Å². The fraction of sp³-hybridized carbons (Fsp3) is 0. The maximum atomic E-state index is 13.0. The Labute approximate surface area is 115 Å². The number of hydrogen-bond donors (Lipinski definition) is 1. The van der Waals surface area contributed by atoms with Crippen molar-refractivity contribution < 1.29 is 18.0 Å². The van der Waals surface area contributed by atoms with Gasteiger partial charge in [0, 0.05) is 10.0 Å². The lowest BCUT2D eigenvalue weighted by Crippen LogP contribution is -2.13. The summed E-state index contributed by atoms with van der Waals surface area (Å²) in [7, 11) is 0. The Morgan fingerprint density at radius 2 is 1.74 bits per heavy atom. The van der Waals surface area contributed by atoms with Gasteiger partial charge in [0.2, 0.25) is 0 Å². The molecule has 0 aliphatic heterocycles. The summed E-state index contributed by atoms with van der Waals surface area (Å²) in [4.78, 5) is 11.8. The number of benzene rings is 2. The first-order valence-electron chi connectivity index (χ1n) is 5.19. The van der Waals surface area contributed by atoms with Crippen molar-refractivity contribution >= 4 is 27.5 Å². The van der Waals surface area contributed by atoms with E-state index in [0.29, 0.717) is 4.47 Å². The molecular weight excluding hydrogens is 323 g/mol. The molecule has 2 aromatic rings. The Kier molecular flexibility index (Phi) is 3.90. The van der Waals surface area contributed by atoms with Gasteiger partial charge in [0.15, 0.2) is 11.6 Å². The van der Waals surface area contributed by atoms with Gasteiger partial charge in [-0.25, -0.2) is 13.2 Å². The van der Waals surface area contributed by atoms with Gasteiger partial charge in [0.25, 0.3) is 5.91 Å². The molecule has 2 nitrogen and oxygen atoms in total. The smallest absolute Gasteiger partial charge is 0.255 e. The van der Waals surface area contributed by atoms with Crippen LogP contribution in [-0.4, -0.2) is 5.91 Å². The van der Waals surface area contributed by atoms with Gasteiger partial charge >= 0.3 is 0 Å². The Bertz CT molecular complexity index is 646. The van der Waals surface area contributed by atoms with Crippen molar-refractivity contribution in [3.63, 3.8) is 0 Å². The number of carbonyl (C=O) groups is 1. The summed E-state index contributed by atoms with van der Waals surface area (Å²) in [5.74, 6) is -3.34. The zero-order chi connectivity index (χ0) is 14.0. The largest absolute Gasteiger partial charge is 0.321 e. The van der Waals surface area contributed by atoms with Crippen LogP contribution in [0.4, 0.5) is 18.9 Å². The van der Waals surface area contributed by atoms with E-state index in [9.17, 15) is 18.0 Å². The maximum Gasteiger partial charge on any atom is 0.255 e. The molecule has 0 radical (unpaired) electrons. The van der Waals surface area contributed by atoms with Crippen molar-refractivity contribution in [3.05, 3.63) is 63.9 Å². The first-order valence-corrected chi connectivity index (χ1v) is 5.98. The van der Waals surface area contributed by atoms with Crippen molar-refractivity contribution in [1.29, 1.82) is 0 Å². The Hall–Kier alpha value is -1.82. The molecule has 0 bridgehead atoms. The molecule has 0 aromatic heterocycles. The number of amides is 1. The molecule has 0 fully saturated rings. The van der Waals surface area contributed by atoms with Crippen LogP contribution in [0.25, 0.3) is 0 Å². The minimum Gasteiger partial charge on any atom is -0.321 e. The van der Waals surface area contributed by atoms with Crippen molar-refractivity contribution in [2.45, 2.75) is 0 Å². The average molecular weight is 330 g/mol. The molecule has 2 aromatic carbocycles. The molecule has 0 saturated carbocycles. The molecule has 6 heteroatoms. The molecule has 0 aliphatic carbocycles. The second-order valence-electron chi connectivity index (χ2n) is 3.71. The highest BCUT2D eigenvalue weighted by molar-refractivity contribution is 9.10. The summed E-state index contributed by atoms with van der Waals surface area (Å²) in [6.07, 6.45) is 0. The van der Waals surface area contributed by atoms with E-state index < -0.39 is 23.4 Å². The van der Waals surface area contributed by atoms with E-state index in [4.69, 9.17) is 0 Å². The maximum absolute atomic E-state index is 13.0. The lowest BCUT2D eigenvalue weighted by atomic mass is 10.2. The monoisotopic (exact) mass is 329 g/mol. The van der Waals surface area contributed by atoms with Gasteiger partial charge < -0.3 is 5.32 Å². The van der Waals surface area contributed by atoms with Crippen LogP contribution in [0.3, 0.4) is 0 Å². The summed E-state index contributed by atoms with van der Waals surface area (Å²) < 4.78 is 39.3. The highest BCUT2D eigenvalue weighted by Gasteiger charge is 2.11. The summed E-state index contributed by atoms with van der Waals surface area (Å²) in [6, 6.07) is 6.53. The van der Waals surface area contributed by atoms with Crippen LogP contribution >= 0.6 is 15.9 Å². The fourth-order valence-electron chi connectivity index (χ4n) is 1.43. The van der Waals surface area contributed by atoms with Gasteiger partial charge in [-0.05, 0) is 52.3 Å². The standard InChI is InChI=1S/C13H7BrF3NO/c14-9-3-2-8(15)6-12(9)18-13(19)7-1-4-10(16)11(17)5-7/h1-6H,(H,18,19). The van der Waals surface area contributed by atoms with Gasteiger partial charge in [0.05, 0.1) is 5.69 Å². The molecule has 1 N–H and O–H groups in total. The van der Waals surface area contributed by atoms with E-state index in [1.54, 1.807) is 0 Å². The van der Waals surface area contributed by atoms with Crippen LogP contribution in [0.5, 0.6) is 0 Å². The zero-order valence-corrected chi connectivity index (χ0v) is 11.0. The van der Waals surface area contributed by atoms with Gasteiger partial charge in [-0.1, -0.05) is 0 Å². The minimum atomic E-state index is -1.12. The molecule has 2 rings (SSSR count). The quantitative estimate of drug-likeness (QED) is 0.882. The van der Waals surface area contributed by atoms with Crippen molar-refractivity contribution in [3.8, 4) is 0 Å². The Morgan fingerprint density at radius 1 is 1.00 bits per heavy atom. The van der Waals surface area contributed by atoms with Crippen LogP contribution in [0, 0.1) is 17.5 Å². The number of rotatable bonds is 2. The third-order valence-corrected chi connectivity index (χ3v) is 3.05. The van der Waals surface area contributed by atoms with Gasteiger partial charge in [-0.15, -0.1) is 0 Å². The number of nitrogens with one attached hydrogen (secondary N) is 1. The highest BCUT2D eigenvalue weighted by Crippen LogP contribution is 2.23. The first kappa shape index (κ1) is 13.6. The summed E-state index contributed by atoms with van der Waals surface area (Å²) >= 11 is 3.14. The SMILES string of the molecule is O=C(Nc1cc(F)ccc1Br)c1ccc(F)c(F)c1. The third-order valence-electron chi connectivity index (χ3n) is 2.36. The minimum absolute atomic E-state index is 0.0601. The molecule has 0 spiro atoms. The predicted octanol–water partition coefficient (Wildman–Crippen LogP) is 4.12. The van der Waals surface area contributed by atoms with Crippen LogP contribution in [0.2, 0.25) is 0 Å². The van der Waals surface area contributed by atoms with Crippen LogP contribution in [-0.2, 0) is 0 Å². The van der Waals surface area contributed by atoms with Crippen LogP contribution < -0.4 is 5.32 Å². The second-order valence-corrected chi connectivity index (χ2v) is 4.56. The number of hydrogen-bond acceptors (Lipinski definition) is 1. The fourth-order valence-corrected chi connectivity index (χ4v) is 1.77. The normalized spacial score (nSPS) is 10.3. The third kappa shape index (κ3) is 3.14. The molecular formula is C13H7BrF3NO. The average Bonchev–Trinajstić information content (AvgIpc) is 2.37. The predicted molar refractivity (Wildman–Crippen MR) is 68.4 cm³/mol. The first-order chi connectivity index (χ1) is 8.97.